The van der Waals surface area contributed by atoms with Crippen molar-refractivity contribution in [2.45, 2.75) is 0 Å². The summed E-state index contributed by atoms with van der Waals surface area (Å²) in [5.74, 6) is 0. The zero-order valence-corrected chi connectivity index (χ0v) is 9.83. The van der Waals surface area contributed by atoms with Crippen LogP contribution in [-0.2, 0) is 0 Å². The molecular formula is C14H10N4. The van der Waals surface area contributed by atoms with Gasteiger partial charge in [0, 0.05) is 13.2 Å². The van der Waals surface area contributed by atoms with Gasteiger partial charge in [0.25, 0.3) is 0 Å². The Kier molecular flexibility index (Phi) is 3.22. The first-order valence-electron chi connectivity index (χ1n) is 5.36. The van der Waals surface area contributed by atoms with Crippen LogP contribution in [0.5, 0.6) is 0 Å². The van der Waals surface area contributed by atoms with Crippen molar-refractivity contribution in [1.29, 1.82) is 10.5 Å². The van der Waals surface area contributed by atoms with Crippen LogP contribution >= 0.6 is 0 Å². The summed E-state index contributed by atoms with van der Waals surface area (Å²) in [6, 6.07) is 15.0. The summed E-state index contributed by atoms with van der Waals surface area (Å²) >= 11 is 0. The lowest BCUT2D eigenvalue weighted by Gasteiger charge is -2.20. The molecule has 0 saturated heterocycles. The van der Waals surface area contributed by atoms with E-state index in [1.807, 2.05) is 31.3 Å². The minimum atomic E-state index is 0.341. The van der Waals surface area contributed by atoms with E-state index < -0.39 is 0 Å². The predicted octanol–water partition coefficient (Wildman–Crippen LogP) is 2.59. The summed E-state index contributed by atoms with van der Waals surface area (Å²) in [6.45, 7) is 0. The third-order valence-electron chi connectivity index (χ3n) is 2.64. The first-order valence-corrected chi connectivity index (χ1v) is 5.36. The summed E-state index contributed by atoms with van der Waals surface area (Å²) in [6.07, 6.45) is 1.58. The maximum absolute atomic E-state index is 9.08. The van der Waals surface area contributed by atoms with Gasteiger partial charge in [-0.2, -0.15) is 10.5 Å². The van der Waals surface area contributed by atoms with Crippen LogP contribution in [0.1, 0.15) is 11.3 Å². The number of rotatable bonds is 2. The number of benzene rings is 1. The second-order valence-electron chi connectivity index (χ2n) is 3.67. The fourth-order valence-corrected chi connectivity index (χ4v) is 1.74. The highest BCUT2D eigenvalue weighted by Gasteiger charge is 2.12. The first-order chi connectivity index (χ1) is 8.77. The molecule has 2 rings (SSSR count). The molecule has 0 aliphatic rings. The zero-order valence-electron chi connectivity index (χ0n) is 9.83. The smallest absolute Gasteiger partial charge is 0.164 e. The molecule has 0 N–H and O–H groups in total. The fourth-order valence-electron chi connectivity index (χ4n) is 1.74. The lowest BCUT2D eigenvalue weighted by atomic mass is 10.1. The molecule has 0 bridgehead atoms. The Bertz CT molecular complexity index is 592. The summed E-state index contributed by atoms with van der Waals surface area (Å²) in [5, 5.41) is 18.1. The summed E-state index contributed by atoms with van der Waals surface area (Å²) in [7, 11) is 1.81. The van der Waals surface area contributed by atoms with E-state index in [1.165, 1.54) is 0 Å². The van der Waals surface area contributed by atoms with Gasteiger partial charge in [0.15, 0.2) is 5.69 Å². The van der Waals surface area contributed by atoms with Gasteiger partial charge in [-0.1, -0.05) is 12.1 Å². The molecule has 0 unspecified atom stereocenters. The van der Waals surface area contributed by atoms with Crippen LogP contribution in [0, 0.1) is 22.7 Å². The summed E-state index contributed by atoms with van der Waals surface area (Å²) in [4.78, 5) is 5.81. The van der Waals surface area contributed by atoms with Gasteiger partial charge in [0.2, 0.25) is 0 Å². The number of nitrogens with zero attached hydrogens (tertiary/aromatic N) is 4. The van der Waals surface area contributed by atoms with Crippen molar-refractivity contribution >= 4 is 11.4 Å². The highest BCUT2D eigenvalue weighted by molar-refractivity contribution is 5.71. The van der Waals surface area contributed by atoms with Crippen molar-refractivity contribution in [1.82, 2.24) is 4.98 Å². The number of hydrogen-bond donors (Lipinski definition) is 0. The quantitative estimate of drug-likeness (QED) is 0.801. The minimum absolute atomic E-state index is 0.341. The monoisotopic (exact) mass is 234 g/mol. The van der Waals surface area contributed by atoms with Gasteiger partial charge in [-0.05, 0) is 24.3 Å². The molecule has 4 nitrogen and oxygen atoms in total. The van der Waals surface area contributed by atoms with E-state index in [1.54, 1.807) is 29.3 Å². The number of pyridine rings is 1. The Hall–Kier alpha value is -2.85. The van der Waals surface area contributed by atoms with Crippen LogP contribution in [0.3, 0.4) is 0 Å². The second kappa shape index (κ2) is 4.99. The number of anilines is 2. The average Bonchev–Trinajstić information content (AvgIpc) is 2.46. The Balaban J connectivity index is 2.53. The molecule has 0 saturated carbocycles. The van der Waals surface area contributed by atoms with Crippen molar-refractivity contribution in [3.05, 3.63) is 53.9 Å². The number of para-hydroxylation sites is 1. The molecule has 1 heterocycles. The van der Waals surface area contributed by atoms with Gasteiger partial charge >= 0.3 is 0 Å². The Labute approximate surface area is 105 Å². The largest absolute Gasteiger partial charge is 0.341 e. The molecule has 0 aliphatic carbocycles. The van der Waals surface area contributed by atoms with Gasteiger partial charge in [0.1, 0.15) is 12.1 Å². The van der Waals surface area contributed by atoms with Gasteiger partial charge < -0.3 is 4.90 Å². The SMILES string of the molecule is CN(c1ccccc1C#N)c1cccnc1C#N. The van der Waals surface area contributed by atoms with Crippen LogP contribution < -0.4 is 4.90 Å². The summed E-state index contributed by atoms with van der Waals surface area (Å²) < 4.78 is 0. The molecule has 0 aliphatic heterocycles. The lowest BCUT2D eigenvalue weighted by Crippen LogP contribution is -2.13. The van der Waals surface area contributed by atoms with Crippen LogP contribution in [-0.4, -0.2) is 12.0 Å². The first kappa shape index (κ1) is 11.6. The van der Waals surface area contributed by atoms with Crippen molar-refractivity contribution in [2.75, 3.05) is 11.9 Å². The molecule has 0 atom stereocenters. The zero-order chi connectivity index (χ0) is 13.0. The number of hydrogen-bond acceptors (Lipinski definition) is 4. The summed E-state index contributed by atoms with van der Waals surface area (Å²) in [5.41, 5.74) is 2.34. The molecule has 18 heavy (non-hydrogen) atoms. The van der Waals surface area contributed by atoms with Crippen molar-refractivity contribution < 1.29 is 0 Å². The van der Waals surface area contributed by atoms with Crippen molar-refractivity contribution in [2.24, 2.45) is 0 Å². The van der Waals surface area contributed by atoms with E-state index in [-0.39, 0.29) is 0 Å². The van der Waals surface area contributed by atoms with Crippen LogP contribution in [0.25, 0.3) is 0 Å². The topological polar surface area (TPSA) is 63.7 Å². The molecule has 86 valence electrons. The van der Waals surface area contributed by atoms with E-state index in [9.17, 15) is 0 Å². The molecule has 0 radical (unpaired) electrons. The third kappa shape index (κ3) is 2.00. The lowest BCUT2D eigenvalue weighted by molar-refractivity contribution is 1.15. The number of nitriles is 2. The van der Waals surface area contributed by atoms with E-state index in [2.05, 4.69) is 11.1 Å². The molecule has 0 amide bonds. The van der Waals surface area contributed by atoms with E-state index >= 15 is 0 Å². The second-order valence-corrected chi connectivity index (χ2v) is 3.67. The van der Waals surface area contributed by atoms with Gasteiger partial charge in [-0.25, -0.2) is 4.98 Å². The molecular weight excluding hydrogens is 224 g/mol. The van der Waals surface area contributed by atoms with Crippen molar-refractivity contribution in [3.63, 3.8) is 0 Å². The maximum atomic E-state index is 9.08. The predicted molar refractivity (Wildman–Crippen MR) is 68.2 cm³/mol. The van der Waals surface area contributed by atoms with Gasteiger partial charge in [0.05, 0.1) is 16.9 Å². The molecule has 0 spiro atoms. The Morgan fingerprint density at radius 2 is 1.72 bits per heavy atom. The highest BCUT2D eigenvalue weighted by atomic mass is 15.1. The molecule has 1 aromatic carbocycles. The molecule has 0 fully saturated rings. The third-order valence-corrected chi connectivity index (χ3v) is 2.64. The number of aromatic nitrogens is 1. The Morgan fingerprint density at radius 1 is 1.00 bits per heavy atom. The van der Waals surface area contributed by atoms with E-state index in [0.717, 1.165) is 5.69 Å². The van der Waals surface area contributed by atoms with Gasteiger partial charge in [-0.3, -0.25) is 0 Å². The Morgan fingerprint density at radius 3 is 2.44 bits per heavy atom. The van der Waals surface area contributed by atoms with Gasteiger partial charge in [-0.15, -0.1) is 0 Å². The fraction of sp³-hybridized carbons (Fsp3) is 0.0714. The van der Waals surface area contributed by atoms with E-state index in [4.69, 9.17) is 10.5 Å². The standard InChI is InChI=1S/C14H10N4/c1-18(13-6-3-2-5-11(13)9-15)14-7-4-8-17-12(14)10-16/h2-8H,1H3. The molecule has 1 aromatic heterocycles. The minimum Gasteiger partial charge on any atom is -0.341 e. The molecule has 4 heteroatoms. The van der Waals surface area contributed by atoms with E-state index in [0.29, 0.717) is 16.9 Å². The van der Waals surface area contributed by atoms with Crippen LogP contribution in [0.4, 0.5) is 11.4 Å². The average molecular weight is 234 g/mol. The van der Waals surface area contributed by atoms with Crippen molar-refractivity contribution in [3.8, 4) is 12.1 Å². The maximum Gasteiger partial charge on any atom is 0.164 e. The van der Waals surface area contributed by atoms with Crippen LogP contribution in [0.2, 0.25) is 0 Å². The normalized spacial score (nSPS) is 9.28. The molecule has 2 aromatic rings. The van der Waals surface area contributed by atoms with Crippen LogP contribution in [0.15, 0.2) is 42.6 Å². The highest BCUT2D eigenvalue weighted by Crippen LogP contribution is 2.27.